The molecule has 0 saturated carbocycles. The molecule has 1 atom stereocenters. The second-order valence-electron chi connectivity index (χ2n) is 8.08. The zero-order valence-electron chi connectivity index (χ0n) is 19.7. The van der Waals surface area contributed by atoms with E-state index in [1.54, 1.807) is 6.07 Å². The Morgan fingerprint density at radius 1 is 1.11 bits per heavy atom. The summed E-state index contributed by atoms with van der Waals surface area (Å²) < 4.78 is 95.9. The maximum atomic E-state index is 13.6. The van der Waals surface area contributed by atoms with Gasteiger partial charge in [-0.2, -0.15) is 18.4 Å². The molecule has 0 radical (unpaired) electrons. The second-order valence-corrected chi connectivity index (χ2v) is 11.9. The molecular formula is C22H18F3N3O8S2. The van der Waals surface area contributed by atoms with Gasteiger partial charge in [-0.3, -0.25) is 4.90 Å². The number of carbonyl (C=O) groups is 2. The summed E-state index contributed by atoms with van der Waals surface area (Å²) in [5.74, 6) is -0.769. The van der Waals surface area contributed by atoms with Crippen LogP contribution in [-0.2, 0) is 30.8 Å². The summed E-state index contributed by atoms with van der Waals surface area (Å²) in [6.45, 7) is 1.09. The minimum absolute atomic E-state index is 0.106. The van der Waals surface area contributed by atoms with E-state index in [9.17, 15) is 50.0 Å². The van der Waals surface area contributed by atoms with Gasteiger partial charge in [-0.25, -0.2) is 30.7 Å². The lowest BCUT2D eigenvalue weighted by Crippen LogP contribution is -2.52. The van der Waals surface area contributed by atoms with Crippen LogP contribution in [0.4, 0.5) is 28.4 Å². The molecule has 0 saturated heterocycles. The third kappa shape index (κ3) is 5.43. The summed E-state index contributed by atoms with van der Waals surface area (Å²) in [7, 11) is -8.88. The van der Waals surface area contributed by atoms with Gasteiger partial charge in [0.15, 0.2) is 15.6 Å². The van der Waals surface area contributed by atoms with E-state index >= 15 is 0 Å². The molecule has 1 aliphatic heterocycles. The fourth-order valence-electron chi connectivity index (χ4n) is 3.87. The van der Waals surface area contributed by atoms with Crippen molar-refractivity contribution in [1.29, 1.82) is 5.26 Å². The highest BCUT2D eigenvalue weighted by Crippen LogP contribution is 2.44. The Morgan fingerprint density at radius 2 is 1.74 bits per heavy atom. The Morgan fingerprint density at radius 3 is 2.24 bits per heavy atom. The third-order valence-electron chi connectivity index (χ3n) is 5.38. The lowest BCUT2D eigenvalue weighted by molar-refractivity contribution is -0.137. The lowest BCUT2D eigenvalue weighted by Gasteiger charge is -2.41. The van der Waals surface area contributed by atoms with Crippen molar-refractivity contribution in [3.8, 4) is 6.07 Å². The molecule has 1 heterocycles. The smallest absolute Gasteiger partial charge is 0.449 e. The maximum Gasteiger partial charge on any atom is 0.511 e. The van der Waals surface area contributed by atoms with Crippen molar-refractivity contribution in [3.05, 3.63) is 70.6 Å². The average molecular weight is 574 g/mol. The van der Waals surface area contributed by atoms with Crippen molar-refractivity contribution >= 4 is 37.7 Å². The van der Waals surface area contributed by atoms with Crippen LogP contribution in [-0.4, -0.2) is 50.9 Å². The molecule has 38 heavy (non-hydrogen) atoms. The first kappa shape index (κ1) is 28.5. The quantitative estimate of drug-likeness (QED) is 0.524. The molecule has 1 N–H and O–H groups in total. The first-order valence-corrected chi connectivity index (χ1v) is 14.0. The molecule has 16 heteroatoms. The number of allylic oxidation sites excluding steroid dienone is 1. The normalized spacial score (nSPS) is 16.9. The number of sulfonamides is 1. The maximum absolute atomic E-state index is 13.6. The van der Waals surface area contributed by atoms with E-state index in [0.717, 1.165) is 43.5 Å². The zero-order chi connectivity index (χ0) is 28.8. The fraction of sp³-hybridized carbons (Fsp3) is 0.227. The number of hydrogen-bond donors (Lipinski definition) is 1. The number of benzene rings is 2. The molecular weight excluding hydrogens is 555 g/mol. The van der Waals surface area contributed by atoms with Crippen molar-refractivity contribution in [2.24, 2.45) is 0 Å². The molecule has 0 spiro atoms. The van der Waals surface area contributed by atoms with Crippen LogP contribution >= 0.6 is 0 Å². The van der Waals surface area contributed by atoms with Gasteiger partial charge in [-0.15, -0.1) is 0 Å². The summed E-state index contributed by atoms with van der Waals surface area (Å²) in [5.41, 5.74) is -2.65. The topological polar surface area (TPSA) is 162 Å². The molecule has 2 aromatic rings. The highest BCUT2D eigenvalue weighted by Gasteiger charge is 2.48. The van der Waals surface area contributed by atoms with Crippen molar-refractivity contribution in [3.63, 3.8) is 0 Å². The predicted octanol–water partition coefficient (Wildman–Crippen LogP) is 3.85. The number of carbonyl (C=O) groups excluding carboxylic acids is 1. The number of rotatable bonds is 5. The van der Waals surface area contributed by atoms with E-state index in [-0.39, 0.29) is 9.87 Å². The van der Waals surface area contributed by atoms with Crippen molar-refractivity contribution in [2.45, 2.75) is 24.0 Å². The van der Waals surface area contributed by atoms with Gasteiger partial charge in [0.2, 0.25) is 10.0 Å². The number of amides is 2. The molecule has 0 aliphatic carbocycles. The van der Waals surface area contributed by atoms with Crippen LogP contribution in [0.3, 0.4) is 0 Å². The number of urea groups is 1. The molecule has 2 amide bonds. The van der Waals surface area contributed by atoms with Crippen molar-refractivity contribution < 1.29 is 49.4 Å². The van der Waals surface area contributed by atoms with Crippen molar-refractivity contribution in [2.75, 3.05) is 17.4 Å². The summed E-state index contributed by atoms with van der Waals surface area (Å²) in [4.78, 5) is 25.1. The van der Waals surface area contributed by atoms with Gasteiger partial charge >= 0.3 is 18.4 Å². The van der Waals surface area contributed by atoms with E-state index in [0.29, 0.717) is 23.3 Å². The monoisotopic (exact) mass is 573 g/mol. The van der Waals surface area contributed by atoms with Gasteiger partial charge < -0.3 is 9.84 Å². The molecule has 1 aliphatic rings. The summed E-state index contributed by atoms with van der Waals surface area (Å²) >= 11 is 0. The number of ether oxygens (including phenoxy) is 1. The number of halogens is 3. The SMILES string of the molecule is CC1=C(OC(=O)O)[C@H](c2ccc(C#N)cc2S(C)(=O)=O)N(S(C)(=O)=O)C(=O)N1c1cccc(C(F)(F)F)c1. The van der Waals surface area contributed by atoms with Crippen LogP contribution in [0.15, 0.2) is 58.8 Å². The van der Waals surface area contributed by atoms with Gasteiger partial charge in [0, 0.05) is 11.8 Å². The number of anilines is 1. The van der Waals surface area contributed by atoms with Crippen LogP contribution < -0.4 is 4.90 Å². The molecule has 2 aromatic carbocycles. The van der Waals surface area contributed by atoms with Crippen LogP contribution in [0.1, 0.15) is 29.7 Å². The highest BCUT2D eigenvalue weighted by molar-refractivity contribution is 7.90. The average Bonchev–Trinajstić information content (AvgIpc) is 2.78. The van der Waals surface area contributed by atoms with E-state index in [2.05, 4.69) is 0 Å². The van der Waals surface area contributed by atoms with Gasteiger partial charge in [0.05, 0.1) is 39.7 Å². The highest BCUT2D eigenvalue weighted by atomic mass is 32.2. The standard InChI is InChI=1S/C22H18F3N3O8S2/c1-12-19(36-21(30)31)18(16-8-7-13(11-26)9-17(16)37(2,32)33)28(38(3,34)35)20(29)27(12)15-6-4-5-14(10-15)22(23,24)25/h4-10,18H,1-3H3,(H,30,31)/t18-/m0/s1. The molecule has 0 bridgehead atoms. The first-order chi connectivity index (χ1) is 17.4. The molecule has 3 rings (SSSR count). The molecule has 0 fully saturated rings. The van der Waals surface area contributed by atoms with Gasteiger partial charge in [-0.05, 0) is 37.3 Å². The lowest BCUT2D eigenvalue weighted by atomic mass is 9.99. The van der Waals surface area contributed by atoms with Crippen LogP contribution in [0, 0.1) is 11.3 Å². The minimum atomic E-state index is -4.83. The first-order valence-electron chi connectivity index (χ1n) is 10.2. The van der Waals surface area contributed by atoms with Crippen LogP contribution in [0.2, 0.25) is 0 Å². The Balaban J connectivity index is 2.45. The summed E-state index contributed by atoms with van der Waals surface area (Å²) in [5, 5.41) is 18.6. The van der Waals surface area contributed by atoms with Crippen LogP contribution in [0.25, 0.3) is 0 Å². The molecule has 202 valence electrons. The Labute approximate surface area is 214 Å². The Kier molecular flexibility index (Phi) is 7.23. The summed E-state index contributed by atoms with van der Waals surface area (Å²) in [6.07, 6.45) is -5.51. The van der Waals surface area contributed by atoms with Gasteiger partial charge in [0.1, 0.15) is 6.04 Å². The van der Waals surface area contributed by atoms with E-state index in [4.69, 9.17) is 4.74 Å². The zero-order valence-corrected chi connectivity index (χ0v) is 21.3. The van der Waals surface area contributed by atoms with Gasteiger partial charge in [0.25, 0.3) is 0 Å². The number of alkyl halides is 3. The largest absolute Gasteiger partial charge is 0.511 e. The fourth-order valence-corrected chi connectivity index (χ4v) is 5.77. The van der Waals surface area contributed by atoms with E-state index in [1.165, 1.54) is 0 Å². The number of nitriles is 1. The predicted molar refractivity (Wildman–Crippen MR) is 125 cm³/mol. The molecule has 0 unspecified atom stereocenters. The number of carboxylic acid groups (broad SMARTS) is 1. The number of nitrogens with zero attached hydrogens (tertiary/aromatic N) is 3. The summed E-state index contributed by atoms with van der Waals surface area (Å²) in [6, 6.07) is 4.57. The third-order valence-corrected chi connectivity index (χ3v) is 7.61. The minimum Gasteiger partial charge on any atom is -0.449 e. The second kappa shape index (κ2) is 9.65. The molecule has 11 nitrogen and oxygen atoms in total. The molecule has 0 aromatic heterocycles. The number of hydrogen-bond acceptors (Lipinski definition) is 8. The Hall–Kier alpha value is -4.10. The van der Waals surface area contributed by atoms with Crippen molar-refractivity contribution in [1.82, 2.24) is 4.31 Å². The van der Waals surface area contributed by atoms with E-state index < -0.39 is 77.4 Å². The van der Waals surface area contributed by atoms with Gasteiger partial charge in [-0.1, -0.05) is 12.1 Å². The Bertz CT molecular complexity index is 1630. The number of sulfone groups is 1. The van der Waals surface area contributed by atoms with E-state index in [1.807, 2.05) is 0 Å². The van der Waals surface area contributed by atoms with Crippen LogP contribution in [0.5, 0.6) is 0 Å².